The molecule has 0 spiro atoms. The smallest absolute Gasteiger partial charge is 0.185 e. The van der Waals surface area contributed by atoms with Crippen molar-refractivity contribution in [2.45, 2.75) is 0 Å². The van der Waals surface area contributed by atoms with Crippen molar-refractivity contribution in [2.24, 2.45) is 7.05 Å². The van der Waals surface area contributed by atoms with Gasteiger partial charge in [-0.1, -0.05) is 65.4 Å². The highest BCUT2D eigenvalue weighted by molar-refractivity contribution is 7.19. The molecule has 0 unspecified atom stereocenters. The van der Waals surface area contributed by atoms with Crippen LogP contribution in [0, 0.1) is 0 Å². The van der Waals surface area contributed by atoms with Crippen LogP contribution in [0.3, 0.4) is 0 Å². The van der Waals surface area contributed by atoms with Gasteiger partial charge in [-0.05, 0) is 11.6 Å². The van der Waals surface area contributed by atoms with E-state index in [1.165, 1.54) is 10.2 Å². The second kappa shape index (κ2) is 5.16. The molecule has 0 saturated heterocycles. The number of fused-ring (bicyclic) bond motifs is 1. The molecule has 1 heterocycles. The number of aromatic nitrogens is 1. The van der Waals surface area contributed by atoms with Gasteiger partial charge in [-0.2, -0.15) is 4.57 Å². The van der Waals surface area contributed by atoms with Gasteiger partial charge in [0, 0.05) is 12.1 Å². The van der Waals surface area contributed by atoms with Crippen molar-refractivity contribution in [1.29, 1.82) is 0 Å². The highest BCUT2D eigenvalue weighted by atomic mass is 35.5. The fourth-order valence-corrected chi connectivity index (χ4v) is 3.42. The lowest BCUT2D eigenvalue weighted by Crippen LogP contribution is -2.28. The van der Waals surface area contributed by atoms with Gasteiger partial charge in [-0.25, -0.2) is 0 Å². The molecule has 3 heteroatoms. The van der Waals surface area contributed by atoms with Gasteiger partial charge in [0.15, 0.2) is 0 Å². The Morgan fingerprint density at radius 3 is 2.47 bits per heavy atom. The molecule has 0 saturated carbocycles. The molecule has 3 rings (SSSR count). The van der Waals surface area contributed by atoms with E-state index in [0.717, 1.165) is 15.6 Å². The Bertz CT molecular complexity index is 744. The maximum Gasteiger partial charge on any atom is 0.264 e. The summed E-state index contributed by atoms with van der Waals surface area (Å²) in [6, 6.07) is 18.4. The van der Waals surface area contributed by atoms with Crippen molar-refractivity contribution in [3.05, 3.63) is 65.2 Å². The summed E-state index contributed by atoms with van der Waals surface area (Å²) in [6.07, 6.45) is 2.03. The van der Waals surface area contributed by atoms with E-state index in [9.17, 15) is 0 Å². The van der Waals surface area contributed by atoms with Crippen molar-refractivity contribution in [1.82, 2.24) is 0 Å². The van der Waals surface area contributed by atoms with Gasteiger partial charge in [-0.15, -0.1) is 0 Å². The van der Waals surface area contributed by atoms with E-state index < -0.39 is 0 Å². The van der Waals surface area contributed by atoms with E-state index in [-0.39, 0.29) is 0 Å². The minimum atomic E-state index is 0.766. The molecule has 94 valence electrons. The molecule has 0 aliphatic carbocycles. The Balaban J connectivity index is 2.08. The first-order chi connectivity index (χ1) is 9.25. The second-order valence-electron chi connectivity index (χ2n) is 4.33. The Labute approximate surface area is 121 Å². The summed E-state index contributed by atoms with van der Waals surface area (Å²) in [6.45, 7) is 0. The van der Waals surface area contributed by atoms with Gasteiger partial charge < -0.3 is 0 Å². The van der Waals surface area contributed by atoms with Crippen LogP contribution in [0.1, 0.15) is 10.6 Å². The standard InChI is InChI=1S/C16H13ClNS/c1-18-14-9-5-6-10-15(14)19-16(18)11-13(17)12-7-3-2-4-8-12/h2-11H,1H3/q+1/b13-11-. The lowest BCUT2D eigenvalue weighted by Gasteiger charge is -1.96. The number of aryl methyl sites for hydroxylation is 1. The fourth-order valence-electron chi connectivity index (χ4n) is 2.04. The summed E-state index contributed by atoms with van der Waals surface area (Å²) in [5, 5.41) is 1.91. The summed E-state index contributed by atoms with van der Waals surface area (Å²) in [5.74, 6) is 0. The van der Waals surface area contributed by atoms with Crippen molar-refractivity contribution in [2.75, 3.05) is 0 Å². The molecule has 0 atom stereocenters. The van der Waals surface area contributed by atoms with Crippen LogP contribution in [0.2, 0.25) is 0 Å². The third-order valence-electron chi connectivity index (χ3n) is 3.07. The topological polar surface area (TPSA) is 3.88 Å². The fraction of sp³-hybridized carbons (Fsp3) is 0.0625. The molecule has 2 aromatic carbocycles. The van der Waals surface area contributed by atoms with Crippen LogP contribution in [-0.2, 0) is 7.05 Å². The van der Waals surface area contributed by atoms with Gasteiger partial charge in [0.25, 0.3) is 5.01 Å². The third kappa shape index (κ3) is 2.42. The largest absolute Gasteiger partial charge is 0.264 e. The predicted octanol–water partition coefficient (Wildman–Crippen LogP) is 4.46. The first-order valence-electron chi connectivity index (χ1n) is 6.06. The predicted molar refractivity (Wildman–Crippen MR) is 83.2 cm³/mol. The first kappa shape index (κ1) is 12.4. The van der Waals surface area contributed by atoms with Crippen LogP contribution in [0.4, 0.5) is 0 Å². The highest BCUT2D eigenvalue weighted by Crippen LogP contribution is 2.26. The maximum absolute atomic E-state index is 6.39. The van der Waals surface area contributed by atoms with E-state index in [0.29, 0.717) is 0 Å². The number of hydrogen-bond acceptors (Lipinski definition) is 1. The van der Waals surface area contributed by atoms with Crippen LogP contribution in [0.5, 0.6) is 0 Å². The molecule has 0 aliphatic rings. The van der Waals surface area contributed by atoms with Gasteiger partial charge >= 0.3 is 0 Å². The number of benzene rings is 2. The monoisotopic (exact) mass is 286 g/mol. The second-order valence-corrected chi connectivity index (χ2v) is 5.79. The number of rotatable bonds is 2. The minimum Gasteiger partial charge on any atom is -0.185 e. The van der Waals surface area contributed by atoms with Crippen LogP contribution in [0.15, 0.2) is 54.6 Å². The number of thiazole rings is 1. The molecular weight excluding hydrogens is 274 g/mol. The summed E-state index contributed by atoms with van der Waals surface area (Å²) in [5.41, 5.74) is 2.28. The summed E-state index contributed by atoms with van der Waals surface area (Å²) < 4.78 is 3.44. The maximum atomic E-state index is 6.39. The molecule has 19 heavy (non-hydrogen) atoms. The number of para-hydroxylation sites is 1. The Morgan fingerprint density at radius 1 is 1.05 bits per heavy atom. The molecule has 0 amide bonds. The molecule has 3 aromatic rings. The van der Waals surface area contributed by atoms with Gasteiger partial charge in [0.2, 0.25) is 5.52 Å². The normalized spacial score (nSPS) is 12.0. The zero-order chi connectivity index (χ0) is 13.2. The Hall–Kier alpha value is -1.64. The molecule has 0 fully saturated rings. The number of hydrogen-bond donors (Lipinski definition) is 0. The average Bonchev–Trinajstić information content (AvgIpc) is 2.77. The summed E-state index contributed by atoms with van der Waals surface area (Å²) >= 11 is 8.14. The first-order valence-corrected chi connectivity index (χ1v) is 7.25. The molecule has 1 aromatic heterocycles. The van der Waals surface area contributed by atoms with E-state index in [2.05, 4.69) is 35.9 Å². The lowest BCUT2D eigenvalue weighted by molar-refractivity contribution is -0.642. The Morgan fingerprint density at radius 2 is 1.74 bits per heavy atom. The third-order valence-corrected chi connectivity index (χ3v) is 4.56. The molecule has 0 radical (unpaired) electrons. The number of nitrogens with zero attached hydrogens (tertiary/aromatic N) is 1. The lowest BCUT2D eigenvalue weighted by atomic mass is 10.2. The van der Waals surface area contributed by atoms with Crippen LogP contribution in [-0.4, -0.2) is 0 Å². The van der Waals surface area contributed by atoms with Crippen molar-refractivity contribution >= 4 is 44.3 Å². The Kier molecular flexibility index (Phi) is 3.36. The zero-order valence-electron chi connectivity index (χ0n) is 10.5. The molecule has 1 nitrogen and oxygen atoms in total. The van der Waals surface area contributed by atoms with Crippen molar-refractivity contribution < 1.29 is 4.57 Å². The van der Waals surface area contributed by atoms with E-state index in [1.54, 1.807) is 11.3 Å². The van der Waals surface area contributed by atoms with Crippen molar-refractivity contribution in [3.8, 4) is 0 Å². The van der Waals surface area contributed by atoms with Crippen LogP contribution < -0.4 is 4.57 Å². The van der Waals surface area contributed by atoms with E-state index in [1.807, 2.05) is 36.4 Å². The van der Waals surface area contributed by atoms with Gasteiger partial charge in [0.1, 0.15) is 11.7 Å². The zero-order valence-corrected chi connectivity index (χ0v) is 12.1. The highest BCUT2D eigenvalue weighted by Gasteiger charge is 2.14. The van der Waals surface area contributed by atoms with Crippen LogP contribution in [0.25, 0.3) is 21.3 Å². The molecule has 0 N–H and O–H groups in total. The van der Waals surface area contributed by atoms with Crippen LogP contribution >= 0.6 is 22.9 Å². The quantitative estimate of drug-likeness (QED) is 0.612. The number of halogens is 1. The SMILES string of the molecule is C[n+]1c(/C=C(\Cl)c2ccccc2)sc2ccccc21. The minimum absolute atomic E-state index is 0.766. The molecule has 0 aliphatic heterocycles. The van der Waals surface area contributed by atoms with E-state index in [4.69, 9.17) is 11.6 Å². The summed E-state index contributed by atoms with van der Waals surface area (Å²) in [7, 11) is 2.07. The molecular formula is C16H13ClNS+. The summed E-state index contributed by atoms with van der Waals surface area (Å²) in [4.78, 5) is 0. The van der Waals surface area contributed by atoms with Gasteiger partial charge in [0.05, 0.1) is 5.03 Å². The van der Waals surface area contributed by atoms with Crippen molar-refractivity contribution in [3.63, 3.8) is 0 Å². The van der Waals surface area contributed by atoms with Gasteiger partial charge in [-0.3, -0.25) is 0 Å². The van der Waals surface area contributed by atoms with E-state index >= 15 is 0 Å². The molecule has 0 bridgehead atoms. The average molecular weight is 287 g/mol.